The molecule has 1 aromatic carbocycles. The molecule has 0 saturated carbocycles. The molecule has 1 aromatic rings. The van der Waals surface area contributed by atoms with Crippen LogP contribution in [0.3, 0.4) is 0 Å². The predicted octanol–water partition coefficient (Wildman–Crippen LogP) is 1.68. The van der Waals surface area contributed by atoms with Crippen LogP contribution in [0, 0.1) is 0 Å². The Kier molecular flexibility index (Phi) is 5.09. The van der Waals surface area contributed by atoms with Gasteiger partial charge in [0.1, 0.15) is 11.5 Å². The molecule has 6 heteroatoms. The zero-order valence-corrected chi connectivity index (χ0v) is 12.5. The van der Waals surface area contributed by atoms with E-state index in [1.165, 1.54) is 0 Å². The summed E-state index contributed by atoms with van der Waals surface area (Å²) in [5.41, 5.74) is 0.879. The van der Waals surface area contributed by atoms with E-state index in [0.717, 1.165) is 25.1 Å². The minimum absolute atomic E-state index is 0.0473. The van der Waals surface area contributed by atoms with Gasteiger partial charge in [-0.15, -0.1) is 0 Å². The number of carbonyl (C=O) groups is 1. The standard InChI is InChI=1S/C14H19ClN2O3/c1-19-10-6-12(15)11(13(7-10)20-2)8-17-5-3-4-16-14(18)9-17/h6-7H,3-5,8-9H2,1-2H3,(H,16,18). The smallest absolute Gasteiger partial charge is 0.234 e. The van der Waals surface area contributed by atoms with Crippen molar-refractivity contribution >= 4 is 17.5 Å². The van der Waals surface area contributed by atoms with Crippen molar-refractivity contribution in [2.45, 2.75) is 13.0 Å². The number of benzene rings is 1. The monoisotopic (exact) mass is 298 g/mol. The van der Waals surface area contributed by atoms with Gasteiger partial charge in [-0.05, 0) is 12.5 Å². The van der Waals surface area contributed by atoms with Gasteiger partial charge in [-0.2, -0.15) is 0 Å². The average Bonchev–Trinajstić information content (AvgIpc) is 2.65. The van der Waals surface area contributed by atoms with Crippen molar-refractivity contribution in [3.8, 4) is 11.5 Å². The van der Waals surface area contributed by atoms with Crippen LogP contribution in [0.15, 0.2) is 12.1 Å². The zero-order valence-electron chi connectivity index (χ0n) is 11.7. The SMILES string of the molecule is COc1cc(Cl)c(CN2CCCNC(=O)C2)c(OC)c1. The first-order valence-electron chi connectivity index (χ1n) is 6.53. The van der Waals surface area contributed by atoms with E-state index in [0.29, 0.717) is 29.6 Å². The molecule has 0 aromatic heterocycles. The number of nitrogens with zero attached hydrogens (tertiary/aromatic N) is 1. The van der Waals surface area contributed by atoms with E-state index >= 15 is 0 Å². The van der Waals surface area contributed by atoms with Crippen LogP contribution in [0.5, 0.6) is 11.5 Å². The molecule has 110 valence electrons. The molecule has 20 heavy (non-hydrogen) atoms. The average molecular weight is 299 g/mol. The molecule has 0 bridgehead atoms. The van der Waals surface area contributed by atoms with Crippen LogP contribution in [-0.2, 0) is 11.3 Å². The van der Waals surface area contributed by atoms with Crippen molar-refractivity contribution in [3.05, 3.63) is 22.7 Å². The Labute approximate surface area is 123 Å². The van der Waals surface area contributed by atoms with Crippen LogP contribution in [0.2, 0.25) is 5.02 Å². The van der Waals surface area contributed by atoms with Gasteiger partial charge in [0, 0.05) is 31.3 Å². The normalized spacial score (nSPS) is 16.4. The highest BCUT2D eigenvalue weighted by Gasteiger charge is 2.19. The number of amides is 1. The van der Waals surface area contributed by atoms with Crippen molar-refractivity contribution in [2.75, 3.05) is 33.9 Å². The molecule has 1 aliphatic rings. The van der Waals surface area contributed by atoms with Gasteiger partial charge >= 0.3 is 0 Å². The predicted molar refractivity (Wildman–Crippen MR) is 77.5 cm³/mol. The number of hydrogen-bond donors (Lipinski definition) is 1. The lowest BCUT2D eigenvalue weighted by atomic mass is 10.1. The lowest BCUT2D eigenvalue weighted by Gasteiger charge is -2.21. The maximum Gasteiger partial charge on any atom is 0.234 e. The van der Waals surface area contributed by atoms with E-state index in [-0.39, 0.29) is 5.91 Å². The number of halogens is 1. The minimum Gasteiger partial charge on any atom is -0.497 e. The van der Waals surface area contributed by atoms with Crippen LogP contribution < -0.4 is 14.8 Å². The molecule has 0 unspecified atom stereocenters. The number of carbonyl (C=O) groups excluding carboxylic acids is 1. The second-order valence-electron chi connectivity index (χ2n) is 4.70. The van der Waals surface area contributed by atoms with Gasteiger partial charge in [-0.3, -0.25) is 9.69 Å². The second kappa shape index (κ2) is 6.81. The molecule has 0 atom stereocenters. The van der Waals surface area contributed by atoms with Crippen molar-refractivity contribution in [2.24, 2.45) is 0 Å². The van der Waals surface area contributed by atoms with Crippen LogP contribution >= 0.6 is 11.6 Å². The summed E-state index contributed by atoms with van der Waals surface area (Å²) < 4.78 is 10.6. The number of rotatable bonds is 4. The zero-order chi connectivity index (χ0) is 14.5. The molecular formula is C14H19ClN2O3. The molecule has 1 N–H and O–H groups in total. The fourth-order valence-corrected chi connectivity index (χ4v) is 2.53. The summed E-state index contributed by atoms with van der Waals surface area (Å²) in [6.45, 7) is 2.54. The van der Waals surface area contributed by atoms with Gasteiger partial charge in [0.25, 0.3) is 0 Å². The summed E-state index contributed by atoms with van der Waals surface area (Å²) in [7, 11) is 3.19. The quantitative estimate of drug-likeness (QED) is 0.919. The molecule has 0 aliphatic carbocycles. The Hall–Kier alpha value is -1.46. The van der Waals surface area contributed by atoms with E-state index in [9.17, 15) is 4.79 Å². The second-order valence-corrected chi connectivity index (χ2v) is 5.11. The molecule has 1 saturated heterocycles. The molecule has 0 spiro atoms. The molecule has 0 radical (unpaired) electrons. The third-order valence-electron chi connectivity index (χ3n) is 3.31. The largest absolute Gasteiger partial charge is 0.497 e. The summed E-state index contributed by atoms with van der Waals surface area (Å²) in [6, 6.07) is 3.57. The fraction of sp³-hybridized carbons (Fsp3) is 0.500. The maximum absolute atomic E-state index is 11.6. The molecule has 5 nitrogen and oxygen atoms in total. The molecule has 1 amide bonds. The van der Waals surface area contributed by atoms with E-state index in [1.54, 1.807) is 26.4 Å². The summed E-state index contributed by atoms with van der Waals surface area (Å²) in [5.74, 6) is 1.38. The number of methoxy groups -OCH3 is 2. The van der Waals surface area contributed by atoms with Gasteiger partial charge in [0.15, 0.2) is 0 Å². The van der Waals surface area contributed by atoms with E-state index < -0.39 is 0 Å². The van der Waals surface area contributed by atoms with Crippen molar-refractivity contribution in [1.82, 2.24) is 10.2 Å². The molecule has 2 rings (SSSR count). The van der Waals surface area contributed by atoms with Gasteiger partial charge in [-0.25, -0.2) is 0 Å². The first-order valence-corrected chi connectivity index (χ1v) is 6.91. The Morgan fingerprint density at radius 3 is 2.85 bits per heavy atom. The Morgan fingerprint density at radius 2 is 2.15 bits per heavy atom. The Morgan fingerprint density at radius 1 is 1.35 bits per heavy atom. The highest BCUT2D eigenvalue weighted by Crippen LogP contribution is 2.33. The first-order chi connectivity index (χ1) is 9.63. The van der Waals surface area contributed by atoms with Crippen molar-refractivity contribution in [1.29, 1.82) is 0 Å². The summed E-state index contributed by atoms with van der Waals surface area (Å²) in [6.07, 6.45) is 0.932. The van der Waals surface area contributed by atoms with Crippen LogP contribution in [-0.4, -0.2) is 44.7 Å². The first kappa shape index (κ1) is 14.9. The molecular weight excluding hydrogens is 280 g/mol. The third-order valence-corrected chi connectivity index (χ3v) is 3.64. The Bertz CT molecular complexity index is 494. The number of ether oxygens (including phenoxy) is 2. The van der Waals surface area contributed by atoms with Gasteiger partial charge in [0.05, 0.1) is 25.8 Å². The van der Waals surface area contributed by atoms with Crippen LogP contribution in [0.25, 0.3) is 0 Å². The maximum atomic E-state index is 11.6. The summed E-state index contributed by atoms with van der Waals surface area (Å²) in [4.78, 5) is 13.7. The number of nitrogens with one attached hydrogen (secondary N) is 1. The molecule has 1 fully saturated rings. The van der Waals surface area contributed by atoms with E-state index in [4.69, 9.17) is 21.1 Å². The summed E-state index contributed by atoms with van der Waals surface area (Å²) >= 11 is 6.30. The van der Waals surface area contributed by atoms with Gasteiger partial charge < -0.3 is 14.8 Å². The van der Waals surface area contributed by atoms with Gasteiger partial charge in [-0.1, -0.05) is 11.6 Å². The van der Waals surface area contributed by atoms with E-state index in [1.807, 2.05) is 0 Å². The summed E-state index contributed by atoms with van der Waals surface area (Å²) in [5, 5.41) is 3.45. The highest BCUT2D eigenvalue weighted by atomic mass is 35.5. The third kappa shape index (κ3) is 3.55. The van der Waals surface area contributed by atoms with Crippen molar-refractivity contribution < 1.29 is 14.3 Å². The van der Waals surface area contributed by atoms with Crippen LogP contribution in [0.1, 0.15) is 12.0 Å². The fourth-order valence-electron chi connectivity index (χ4n) is 2.27. The Balaban J connectivity index is 2.21. The van der Waals surface area contributed by atoms with Gasteiger partial charge in [0.2, 0.25) is 5.91 Å². The topological polar surface area (TPSA) is 50.8 Å². The molecule has 1 heterocycles. The lowest BCUT2D eigenvalue weighted by Crippen LogP contribution is -2.32. The molecule has 1 aliphatic heterocycles. The lowest BCUT2D eigenvalue weighted by molar-refractivity contribution is -0.121. The van der Waals surface area contributed by atoms with Crippen LogP contribution in [0.4, 0.5) is 0 Å². The highest BCUT2D eigenvalue weighted by molar-refractivity contribution is 6.31. The van der Waals surface area contributed by atoms with E-state index in [2.05, 4.69) is 10.2 Å². The van der Waals surface area contributed by atoms with Crippen molar-refractivity contribution in [3.63, 3.8) is 0 Å². The minimum atomic E-state index is 0.0473. The number of hydrogen-bond acceptors (Lipinski definition) is 4.